The van der Waals surface area contributed by atoms with Gasteiger partial charge in [-0.05, 0) is 44.2 Å². The molecule has 1 aliphatic rings. The number of likely N-dealkylation sites (N-methyl/N-ethyl adjacent to an activating group) is 1. The number of hydrogen-bond acceptors (Lipinski definition) is 3. The van der Waals surface area contributed by atoms with Crippen LogP contribution in [0.1, 0.15) is 12.0 Å². The molecule has 18 heavy (non-hydrogen) atoms. The van der Waals surface area contributed by atoms with Crippen molar-refractivity contribution in [2.24, 2.45) is 5.73 Å². The van der Waals surface area contributed by atoms with Crippen molar-refractivity contribution in [3.05, 3.63) is 28.8 Å². The summed E-state index contributed by atoms with van der Waals surface area (Å²) in [5.41, 5.74) is 8.18. The number of anilines is 1. The zero-order chi connectivity index (χ0) is 13.1. The highest BCUT2D eigenvalue weighted by Gasteiger charge is 2.26. The van der Waals surface area contributed by atoms with Crippen molar-refractivity contribution in [3.63, 3.8) is 0 Å². The molecule has 0 saturated carbocycles. The fourth-order valence-electron chi connectivity index (χ4n) is 2.68. The van der Waals surface area contributed by atoms with E-state index in [1.165, 1.54) is 17.7 Å². The maximum absolute atomic E-state index is 6.00. The van der Waals surface area contributed by atoms with Crippen LogP contribution in [0.5, 0.6) is 0 Å². The van der Waals surface area contributed by atoms with Crippen molar-refractivity contribution < 1.29 is 0 Å². The van der Waals surface area contributed by atoms with Crippen LogP contribution in [0.2, 0.25) is 5.02 Å². The summed E-state index contributed by atoms with van der Waals surface area (Å²) >= 11 is 6.00. The maximum atomic E-state index is 6.00. The lowest BCUT2D eigenvalue weighted by atomic mass is 10.2. The Labute approximate surface area is 115 Å². The molecule has 1 aliphatic heterocycles. The molecule has 0 amide bonds. The minimum absolute atomic E-state index is 0.614. The van der Waals surface area contributed by atoms with Crippen LogP contribution in [0.3, 0.4) is 0 Å². The lowest BCUT2D eigenvalue weighted by molar-refractivity contribution is 0.266. The standard InChI is InChI=1S/C14H22ClN3/c1-11-9-12(15)3-4-14(11)18-7-5-13(10-18)17(2)8-6-16/h3-4,9,13H,5-8,10,16H2,1-2H3. The molecular weight excluding hydrogens is 246 g/mol. The first kappa shape index (κ1) is 13.7. The highest BCUT2D eigenvalue weighted by molar-refractivity contribution is 6.30. The summed E-state index contributed by atoms with van der Waals surface area (Å²) in [6.07, 6.45) is 1.21. The van der Waals surface area contributed by atoms with Crippen LogP contribution in [-0.4, -0.2) is 44.2 Å². The van der Waals surface area contributed by atoms with Gasteiger partial charge >= 0.3 is 0 Å². The van der Waals surface area contributed by atoms with Gasteiger partial charge in [-0.3, -0.25) is 0 Å². The first-order valence-corrected chi connectivity index (χ1v) is 6.91. The summed E-state index contributed by atoms with van der Waals surface area (Å²) in [6, 6.07) is 6.75. The van der Waals surface area contributed by atoms with Crippen LogP contribution >= 0.6 is 11.6 Å². The first-order chi connectivity index (χ1) is 8.61. The van der Waals surface area contributed by atoms with E-state index in [4.69, 9.17) is 17.3 Å². The van der Waals surface area contributed by atoms with Crippen molar-refractivity contribution >= 4 is 17.3 Å². The van der Waals surface area contributed by atoms with Gasteiger partial charge in [0.25, 0.3) is 0 Å². The fourth-order valence-corrected chi connectivity index (χ4v) is 2.91. The van der Waals surface area contributed by atoms with Crippen molar-refractivity contribution in [1.82, 2.24) is 4.90 Å². The van der Waals surface area contributed by atoms with E-state index in [9.17, 15) is 0 Å². The van der Waals surface area contributed by atoms with E-state index in [1.54, 1.807) is 0 Å². The van der Waals surface area contributed by atoms with Gasteiger partial charge in [-0.15, -0.1) is 0 Å². The minimum Gasteiger partial charge on any atom is -0.370 e. The molecule has 1 aromatic rings. The molecule has 2 N–H and O–H groups in total. The Hall–Kier alpha value is -0.770. The van der Waals surface area contributed by atoms with Gasteiger partial charge in [0.05, 0.1) is 0 Å². The van der Waals surface area contributed by atoms with Crippen molar-refractivity contribution in [2.75, 3.05) is 38.1 Å². The van der Waals surface area contributed by atoms with Crippen molar-refractivity contribution in [3.8, 4) is 0 Å². The van der Waals surface area contributed by atoms with E-state index in [1.807, 2.05) is 12.1 Å². The molecule has 1 fully saturated rings. The third kappa shape index (κ3) is 2.97. The number of rotatable bonds is 4. The molecule has 0 radical (unpaired) electrons. The van der Waals surface area contributed by atoms with Crippen molar-refractivity contribution in [2.45, 2.75) is 19.4 Å². The summed E-state index contributed by atoms with van der Waals surface area (Å²) in [5, 5.41) is 0.812. The summed E-state index contributed by atoms with van der Waals surface area (Å²) in [6.45, 7) is 6.02. The van der Waals surface area contributed by atoms with Crippen LogP contribution < -0.4 is 10.6 Å². The molecule has 0 aliphatic carbocycles. The number of benzene rings is 1. The number of aryl methyl sites for hydroxylation is 1. The van der Waals surface area contributed by atoms with Crippen molar-refractivity contribution in [1.29, 1.82) is 0 Å². The predicted molar refractivity (Wildman–Crippen MR) is 78.5 cm³/mol. The molecule has 1 saturated heterocycles. The third-order valence-electron chi connectivity index (χ3n) is 3.77. The summed E-state index contributed by atoms with van der Waals surface area (Å²) in [5.74, 6) is 0. The molecule has 4 heteroatoms. The Balaban J connectivity index is 2.04. The number of hydrogen-bond donors (Lipinski definition) is 1. The van der Waals surface area contributed by atoms with Crippen LogP contribution in [0.15, 0.2) is 18.2 Å². The number of nitrogens with two attached hydrogens (primary N) is 1. The Morgan fingerprint density at radius 2 is 2.28 bits per heavy atom. The largest absolute Gasteiger partial charge is 0.370 e. The van der Waals surface area contributed by atoms with Crippen LogP contribution in [0, 0.1) is 6.92 Å². The minimum atomic E-state index is 0.614. The average molecular weight is 268 g/mol. The smallest absolute Gasteiger partial charge is 0.0410 e. The Bertz CT molecular complexity index is 408. The normalized spacial score (nSPS) is 19.8. The third-order valence-corrected chi connectivity index (χ3v) is 4.00. The van der Waals surface area contributed by atoms with E-state index >= 15 is 0 Å². The van der Waals surface area contributed by atoms with Gasteiger partial charge < -0.3 is 15.5 Å². The second-order valence-electron chi connectivity index (χ2n) is 5.09. The van der Waals surface area contributed by atoms with Gasteiger partial charge in [-0.2, -0.15) is 0 Å². The molecule has 1 aromatic carbocycles. The molecule has 0 aromatic heterocycles. The van der Waals surface area contributed by atoms with E-state index in [0.717, 1.165) is 31.2 Å². The Morgan fingerprint density at radius 1 is 1.50 bits per heavy atom. The van der Waals surface area contributed by atoms with E-state index in [2.05, 4.69) is 29.8 Å². The Kier molecular flexibility index (Phi) is 4.49. The van der Waals surface area contributed by atoms with E-state index in [-0.39, 0.29) is 0 Å². The lowest BCUT2D eigenvalue weighted by Gasteiger charge is -2.25. The quantitative estimate of drug-likeness (QED) is 0.907. The highest BCUT2D eigenvalue weighted by Crippen LogP contribution is 2.27. The molecule has 100 valence electrons. The number of nitrogens with zero attached hydrogens (tertiary/aromatic N) is 2. The molecule has 0 bridgehead atoms. The zero-order valence-electron chi connectivity index (χ0n) is 11.2. The molecule has 1 unspecified atom stereocenters. The molecule has 1 heterocycles. The Morgan fingerprint density at radius 3 is 2.94 bits per heavy atom. The highest BCUT2D eigenvalue weighted by atomic mass is 35.5. The SMILES string of the molecule is Cc1cc(Cl)ccc1N1CCC(N(C)CCN)C1. The van der Waals surface area contributed by atoms with Crippen LogP contribution in [0.25, 0.3) is 0 Å². The zero-order valence-corrected chi connectivity index (χ0v) is 12.0. The summed E-state index contributed by atoms with van der Waals surface area (Å²) in [4.78, 5) is 4.81. The van der Waals surface area contributed by atoms with Gasteiger partial charge in [-0.1, -0.05) is 11.6 Å². The van der Waals surface area contributed by atoms with Gasteiger partial charge in [0.15, 0.2) is 0 Å². The molecule has 3 nitrogen and oxygen atoms in total. The van der Waals surface area contributed by atoms with Gasteiger partial charge in [-0.25, -0.2) is 0 Å². The molecule has 0 spiro atoms. The van der Waals surface area contributed by atoms with Gasteiger partial charge in [0.1, 0.15) is 0 Å². The van der Waals surface area contributed by atoms with E-state index < -0.39 is 0 Å². The van der Waals surface area contributed by atoms with Gasteiger partial charge in [0, 0.05) is 42.9 Å². The maximum Gasteiger partial charge on any atom is 0.0410 e. The summed E-state index contributed by atoms with van der Waals surface area (Å²) < 4.78 is 0. The summed E-state index contributed by atoms with van der Waals surface area (Å²) in [7, 11) is 2.16. The average Bonchev–Trinajstić information content (AvgIpc) is 2.78. The second kappa shape index (κ2) is 5.91. The monoisotopic (exact) mass is 267 g/mol. The van der Waals surface area contributed by atoms with Crippen LogP contribution in [-0.2, 0) is 0 Å². The molecular formula is C14H22ClN3. The second-order valence-corrected chi connectivity index (χ2v) is 5.53. The molecule has 1 atom stereocenters. The number of halogens is 1. The molecule has 2 rings (SSSR count). The van der Waals surface area contributed by atoms with E-state index in [0.29, 0.717) is 6.04 Å². The predicted octanol–water partition coefficient (Wildman–Crippen LogP) is 2.12. The van der Waals surface area contributed by atoms with Crippen LogP contribution in [0.4, 0.5) is 5.69 Å². The first-order valence-electron chi connectivity index (χ1n) is 6.53. The fraction of sp³-hybridized carbons (Fsp3) is 0.571. The topological polar surface area (TPSA) is 32.5 Å². The lowest BCUT2D eigenvalue weighted by Crippen LogP contribution is -2.37. The van der Waals surface area contributed by atoms with Gasteiger partial charge in [0.2, 0.25) is 0 Å².